The van der Waals surface area contributed by atoms with Crippen molar-refractivity contribution >= 4 is 27.9 Å². The molecule has 0 amide bonds. The molecule has 0 saturated heterocycles. The maximum Gasteiger partial charge on any atom is 0.343 e. The lowest BCUT2D eigenvalue weighted by Crippen LogP contribution is -2.12. The summed E-state index contributed by atoms with van der Waals surface area (Å²) in [6.45, 7) is 1.93. The molecule has 0 fully saturated rings. The summed E-state index contributed by atoms with van der Waals surface area (Å²) in [6.07, 6.45) is 0. The summed E-state index contributed by atoms with van der Waals surface area (Å²) in [5.74, 6) is -0.930. The van der Waals surface area contributed by atoms with Gasteiger partial charge in [0.1, 0.15) is 11.3 Å². The van der Waals surface area contributed by atoms with Crippen molar-refractivity contribution in [2.24, 2.45) is 0 Å². The maximum absolute atomic E-state index is 12.1. The van der Waals surface area contributed by atoms with Gasteiger partial charge in [-0.25, -0.2) is 9.59 Å². The van der Waals surface area contributed by atoms with Crippen molar-refractivity contribution in [2.45, 2.75) is 6.92 Å². The summed E-state index contributed by atoms with van der Waals surface area (Å²) in [6, 6.07) is 11.8. The van der Waals surface area contributed by atoms with Gasteiger partial charge in [-0.2, -0.15) is 0 Å². The summed E-state index contributed by atoms with van der Waals surface area (Å²) in [4.78, 5) is 23.8. The Morgan fingerprint density at radius 2 is 1.67 bits per heavy atom. The van der Waals surface area contributed by atoms with Crippen molar-refractivity contribution in [1.82, 2.24) is 0 Å². The average Bonchev–Trinajstić information content (AvgIpc) is 2.48. The van der Waals surface area contributed by atoms with Crippen LogP contribution in [0.4, 0.5) is 0 Å². The SMILES string of the molecule is COC(=O)c1cc(Br)ccc1OC(=O)c1ccc(C)cc1. The van der Waals surface area contributed by atoms with Crippen molar-refractivity contribution in [3.05, 3.63) is 63.6 Å². The van der Waals surface area contributed by atoms with Crippen LogP contribution in [0.3, 0.4) is 0 Å². The molecule has 5 heteroatoms. The van der Waals surface area contributed by atoms with Gasteiger partial charge in [0, 0.05) is 4.47 Å². The first-order chi connectivity index (χ1) is 10.0. The van der Waals surface area contributed by atoms with E-state index in [-0.39, 0.29) is 11.3 Å². The van der Waals surface area contributed by atoms with Crippen LogP contribution in [0.1, 0.15) is 26.3 Å². The molecule has 0 spiro atoms. The van der Waals surface area contributed by atoms with E-state index >= 15 is 0 Å². The molecule has 0 atom stereocenters. The monoisotopic (exact) mass is 348 g/mol. The topological polar surface area (TPSA) is 52.6 Å². The number of hydrogen-bond acceptors (Lipinski definition) is 4. The lowest BCUT2D eigenvalue weighted by Gasteiger charge is -2.09. The van der Waals surface area contributed by atoms with Gasteiger partial charge in [-0.3, -0.25) is 0 Å². The van der Waals surface area contributed by atoms with E-state index in [1.54, 1.807) is 30.3 Å². The molecule has 2 aromatic rings. The molecular formula is C16H13BrO4. The zero-order valence-electron chi connectivity index (χ0n) is 11.6. The van der Waals surface area contributed by atoms with E-state index < -0.39 is 11.9 Å². The second-order valence-electron chi connectivity index (χ2n) is 4.39. The largest absolute Gasteiger partial charge is 0.465 e. The Hall–Kier alpha value is -2.14. The molecule has 0 bridgehead atoms. The Morgan fingerprint density at radius 1 is 1.00 bits per heavy atom. The predicted molar refractivity (Wildman–Crippen MR) is 81.6 cm³/mol. The van der Waals surface area contributed by atoms with E-state index in [1.807, 2.05) is 19.1 Å². The summed E-state index contributed by atoms with van der Waals surface area (Å²) >= 11 is 3.26. The van der Waals surface area contributed by atoms with Crippen LogP contribution in [-0.4, -0.2) is 19.0 Å². The van der Waals surface area contributed by atoms with Crippen LogP contribution in [0.5, 0.6) is 5.75 Å². The standard InChI is InChI=1S/C16H13BrO4/c1-10-3-5-11(6-4-10)15(18)21-14-8-7-12(17)9-13(14)16(19)20-2/h3-9H,1-2H3. The van der Waals surface area contributed by atoms with Crippen molar-refractivity contribution in [3.63, 3.8) is 0 Å². The van der Waals surface area contributed by atoms with Gasteiger partial charge in [-0.1, -0.05) is 33.6 Å². The predicted octanol–water partition coefficient (Wildman–Crippen LogP) is 3.76. The van der Waals surface area contributed by atoms with Gasteiger partial charge in [-0.15, -0.1) is 0 Å². The van der Waals surface area contributed by atoms with Gasteiger partial charge in [0.2, 0.25) is 0 Å². The number of rotatable bonds is 3. The van der Waals surface area contributed by atoms with Gasteiger partial charge >= 0.3 is 11.9 Å². The fourth-order valence-electron chi connectivity index (χ4n) is 1.71. The molecule has 0 aliphatic carbocycles. The first-order valence-electron chi connectivity index (χ1n) is 6.18. The van der Waals surface area contributed by atoms with E-state index in [4.69, 9.17) is 4.74 Å². The molecule has 21 heavy (non-hydrogen) atoms. The lowest BCUT2D eigenvalue weighted by atomic mass is 10.1. The first-order valence-corrected chi connectivity index (χ1v) is 6.97. The molecule has 0 unspecified atom stereocenters. The van der Waals surface area contributed by atoms with Gasteiger partial charge in [0.25, 0.3) is 0 Å². The molecule has 2 rings (SSSR count). The van der Waals surface area contributed by atoms with E-state index in [0.717, 1.165) is 5.56 Å². The van der Waals surface area contributed by atoms with Crippen LogP contribution < -0.4 is 4.74 Å². The third-order valence-corrected chi connectivity index (χ3v) is 3.33. The molecule has 0 aromatic heterocycles. The number of esters is 2. The van der Waals surface area contributed by atoms with Crippen LogP contribution in [0, 0.1) is 6.92 Å². The Labute approximate surface area is 130 Å². The summed E-state index contributed by atoms with van der Waals surface area (Å²) < 4.78 is 10.7. The summed E-state index contributed by atoms with van der Waals surface area (Å²) in [5, 5.41) is 0. The number of aryl methyl sites for hydroxylation is 1. The highest BCUT2D eigenvalue weighted by molar-refractivity contribution is 9.10. The van der Waals surface area contributed by atoms with Gasteiger partial charge in [0.05, 0.1) is 12.7 Å². The summed E-state index contributed by atoms with van der Waals surface area (Å²) in [7, 11) is 1.27. The Bertz CT molecular complexity index is 677. The smallest absolute Gasteiger partial charge is 0.343 e. The molecule has 0 radical (unpaired) electrons. The molecular weight excluding hydrogens is 336 g/mol. The summed E-state index contributed by atoms with van der Waals surface area (Å²) in [5.41, 5.74) is 1.65. The number of halogens is 1. The Balaban J connectivity index is 2.28. The molecule has 2 aromatic carbocycles. The third-order valence-electron chi connectivity index (χ3n) is 2.84. The van der Waals surface area contributed by atoms with Crippen molar-refractivity contribution in [2.75, 3.05) is 7.11 Å². The highest BCUT2D eigenvalue weighted by atomic mass is 79.9. The molecule has 0 saturated carbocycles. The van der Waals surface area contributed by atoms with Gasteiger partial charge in [0.15, 0.2) is 0 Å². The van der Waals surface area contributed by atoms with Crippen molar-refractivity contribution < 1.29 is 19.1 Å². The minimum absolute atomic E-state index is 0.163. The number of carbonyl (C=O) groups is 2. The highest BCUT2D eigenvalue weighted by Gasteiger charge is 2.17. The van der Waals surface area contributed by atoms with E-state index in [0.29, 0.717) is 10.0 Å². The quantitative estimate of drug-likeness (QED) is 0.625. The van der Waals surface area contributed by atoms with Crippen LogP contribution in [0.15, 0.2) is 46.9 Å². The molecule has 0 heterocycles. The van der Waals surface area contributed by atoms with Crippen molar-refractivity contribution in [1.29, 1.82) is 0 Å². The van der Waals surface area contributed by atoms with Crippen LogP contribution in [0.25, 0.3) is 0 Å². The fraction of sp³-hybridized carbons (Fsp3) is 0.125. The lowest BCUT2D eigenvalue weighted by molar-refractivity contribution is 0.0593. The third kappa shape index (κ3) is 3.70. The number of benzene rings is 2. The molecule has 0 N–H and O–H groups in total. The minimum atomic E-state index is -0.567. The highest BCUT2D eigenvalue weighted by Crippen LogP contribution is 2.25. The van der Waals surface area contributed by atoms with Crippen LogP contribution in [0.2, 0.25) is 0 Å². The molecule has 0 aliphatic heterocycles. The van der Waals surface area contributed by atoms with E-state index in [2.05, 4.69) is 20.7 Å². The second kappa shape index (κ2) is 6.54. The zero-order valence-corrected chi connectivity index (χ0v) is 13.1. The molecule has 108 valence electrons. The second-order valence-corrected chi connectivity index (χ2v) is 5.30. The van der Waals surface area contributed by atoms with E-state index in [9.17, 15) is 9.59 Å². The van der Waals surface area contributed by atoms with E-state index in [1.165, 1.54) is 7.11 Å². The van der Waals surface area contributed by atoms with Gasteiger partial charge in [-0.05, 0) is 37.3 Å². The zero-order chi connectivity index (χ0) is 15.4. The van der Waals surface area contributed by atoms with Crippen molar-refractivity contribution in [3.8, 4) is 5.75 Å². The average molecular weight is 349 g/mol. The number of methoxy groups -OCH3 is 1. The fourth-order valence-corrected chi connectivity index (χ4v) is 2.07. The Morgan fingerprint density at radius 3 is 2.29 bits per heavy atom. The van der Waals surface area contributed by atoms with Crippen LogP contribution >= 0.6 is 15.9 Å². The number of hydrogen-bond donors (Lipinski definition) is 0. The number of carbonyl (C=O) groups excluding carboxylic acids is 2. The van der Waals surface area contributed by atoms with Crippen LogP contribution in [-0.2, 0) is 4.74 Å². The Kier molecular flexibility index (Phi) is 4.75. The minimum Gasteiger partial charge on any atom is -0.465 e. The maximum atomic E-state index is 12.1. The first kappa shape index (κ1) is 15.3. The number of ether oxygens (including phenoxy) is 2. The molecule has 4 nitrogen and oxygen atoms in total. The molecule has 0 aliphatic rings. The normalized spacial score (nSPS) is 10.0. The van der Waals surface area contributed by atoms with Gasteiger partial charge < -0.3 is 9.47 Å².